The maximum atomic E-state index is 6.16. The molecule has 1 heterocycles. The first-order valence-corrected chi connectivity index (χ1v) is 10.9. The summed E-state index contributed by atoms with van der Waals surface area (Å²) in [5.41, 5.74) is 3.64. The zero-order valence-electron chi connectivity index (χ0n) is 17.0. The molecule has 2 aliphatic rings. The number of thioether (sulfide) groups is 1. The molecule has 0 fully saturated rings. The highest BCUT2D eigenvalue weighted by molar-refractivity contribution is 8.03. The first-order valence-electron chi connectivity index (χ1n) is 10.1. The molecule has 1 aliphatic heterocycles. The van der Waals surface area contributed by atoms with E-state index in [2.05, 4.69) is 62.4 Å². The predicted octanol–water partition coefficient (Wildman–Crippen LogP) is 7.95. The van der Waals surface area contributed by atoms with Crippen LogP contribution in [0, 0.1) is 0 Å². The lowest BCUT2D eigenvalue weighted by molar-refractivity contribution is 0.430. The molecular formula is C27H22O2S. The van der Waals surface area contributed by atoms with Crippen molar-refractivity contribution in [3.8, 4) is 17.2 Å². The van der Waals surface area contributed by atoms with Gasteiger partial charge < -0.3 is 9.47 Å². The zero-order valence-corrected chi connectivity index (χ0v) is 17.8. The summed E-state index contributed by atoms with van der Waals surface area (Å²) in [5, 5.41) is 0. The quantitative estimate of drug-likeness (QED) is 0.435. The summed E-state index contributed by atoms with van der Waals surface area (Å²) < 4.78 is 12.0. The van der Waals surface area contributed by atoms with Gasteiger partial charge >= 0.3 is 0 Å². The van der Waals surface area contributed by atoms with Crippen LogP contribution in [0.3, 0.4) is 0 Å². The SMILES string of the molecule is CC(C)c1ccc2c(c1)SC1=C(C=C/C1=C\c1ccc(Oc3ccccc3)cc1)O2. The van der Waals surface area contributed by atoms with E-state index in [9.17, 15) is 0 Å². The molecule has 3 heteroatoms. The Morgan fingerprint density at radius 3 is 2.40 bits per heavy atom. The van der Waals surface area contributed by atoms with Crippen LogP contribution in [0.4, 0.5) is 0 Å². The number of rotatable bonds is 4. The van der Waals surface area contributed by atoms with Gasteiger partial charge in [-0.2, -0.15) is 0 Å². The van der Waals surface area contributed by atoms with Crippen LogP contribution in [0.5, 0.6) is 17.2 Å². The molecule has 0 radical (unpaired) electrons. The van der Waals surface area contributed by atoms with E-state index in [1.807, 2.05) is 42.5 Å². The molecule has 0 atom stereocenters. The molecule has 0 saturated heterocycles. The van der Waals surface area contributed by atoms with Gasteiger partial charge in [-0.15, -0.1) is 0 Å². The van der Waals surface area contributed by atoms with Gasteiger partial charge in [-0.3, -0.25) is 0 Å². The highest BCUT2D eigenvalue weighted by Gasteiger charge is 2.25. The third-order valence-electron chi connectivity index (χ3n) is 5.15. The van der Waals surface area contributed by atoms with E-state index in [0.717, 1.165) is 28.6 Å². The van der Waals surface area contributed by atoms with Crippen LogP contribution in [-0.2, 0) is 0 Å². The summed E-state index contributed by atoms with van der Waals surface area (Å²) in [7, 11) is 0. The highest BCUT2D eigenvalue weighted by atomic mass is 32.2. The highest BCUT2D eigenvalue weighted by Crippen LogP contribution is 2.48. The Balaban J connectivity index is 1.36. The molecule has 0 aromatic heterocycles. The lowest BCUT2D eigenvalue weighted by Gasteiger charge is -2.20. The Hall–Kier alpha value is -3.17. The smallest absolute Gasteiger partial charge is 0.142 e. The Bertz CT molecular complexity index is 1170. The number of benzene rings is 3. The van der Waals surface area contributed by atoms with E-state index in [-0.39, 0.29) is 0 Å². The van der Waals surface area contributed by atoms with Gasteiger partial charge in [0.2, 0.25) is 0 Å². The monoisotopic (exact) mass is 410 g/mol. The normalized spacial score (nSPS) is 15.9. The van der Waals surface area contributed by atoms with Crippen LogP contribution in [0.25, 0.3) is 6.08 Å². The minimum atomic E-state index is 0.500. The molecule has 148 valence electrons. The molecule has 0 spiro atoms. The number of ether oxygens (including phenoxy) is 2. The van der Waals surface area contributed by atoms with Crippen LogP contribution in [-0.4, -0.2) is 0 Å². The van der Waals surface area contributed by atoms with Crippen LogP contribution in [0.15, 0.2) is 106 Å². The largest absolute Gasteiger partial charge is 0.457 e. The third kappa shape index (κ3) is 3.81. The molecular weight excluding hydrogens is 388 g/mol. The molecule has 0 saturated carbocycles. The molecule has 2 nitrogen and oxygen atoms in total. The van der Waals surface area contributed by atoms with E-state index >= 15 is 0 Å². The van der Waals surface area contributed by atoms with Gasteiger partial charge in [0.25, 0.3) is 0 Å². The van der Waals surface area contributed by atoms with E-state index in [1.165, 1.54) is 20.9 Å². The predicted molar refractivity (Wildman–Crippen MR) is 124 cm³/mol. The first-order chi connectivity index (χ1) is 14.7. The Morgan fingerprint density at radius 2 is 1.63 bits per heavy atom. The summed E-state index contributed by atoms with van der Waals surface area (Å²) in [4.78, 5) is 2.36. The lowest BCUT2D eigenvalue weighted by Crippen LogP contribution is -2.01. The molecule has 1 aliphatic carbocycles. The fourth-order valence-corrected chi connectivity index (χ4v) is 4.56. The summed E-state index contributed by atoms with van der Waals surface area (Å²) in [6.07, 6.45) is 6.38. The Labute approximate surface area is 181 Å². The third-order valence-corrected chi connectivity index (χ3v) is 6.33. The first kappa shape index (κ1) is 18.8. The standard InChI is InChI=1S/C27H22O2S/c1-18(2)20-10-14-24-26(17-20)30-27-21(11-15-25(27)29-24)16-19-8-12-23(13-9-19)28-22-6-4-3-5-7-22/h3-18H,1-2H3/b21-16+. The maximum absolute atomic E-state index is 6.16. The molecule has 3 aromatic carbocycles. The minimum absolute atomic E-state index is 0.500. The topological polar surface area (TPSA) is 18.5 Å². The Morgan fingerprint density at radius 1 is 0.867 bits per heavy atom. The molecule has 0 amide bonds. The van der Waals surface area contributed by atoms with Crippen molar-refractivity contribution in [3.63, 3.8) is 0 Å². The van der Waals surface area contributed by atoms with Gasteiger partial charge in [-0.25, -0.2) is 0 Å². The number of allylic oxidation sites excluding steroid dienone is 3. The number of fused-ring (bicyclic) bond motifs is 1. The van der Waals surface area contributed by atoms with Gasteiger partial charge in [0.15, 0.2) is 0 Å². The van der Waals surface area contributed by atoms with Crippen molar-refractivity contribution in [2.45, 2.75) is 24.7 Å². The van der Waals surface area contributed by atoms with E-state index in [1.54, 1.807) is 11.8 Å². The number of para-hydroxylation sites is 1. The van der Waals surface area contributed by atoms with Gasteiger partial charge in [0.1, 0.15) is 23.0 Å². The molecule has 0 bridgehead atoms. The zero-order chi connectivity index (χ0) is 20.5. The molecule has 0 N–H and O–H groups in total. The van der Waals surface area contributed by atoms with Crippen molar-refractivity contribution in [2.75, 3.05) is 0 Å². The van der Waals surface area contributed by atoms with Crippen molar-refractivity contribution in [2.24, 2.45) is 0 Å². The summed E-state index contributed by atoms with van der Waals surface area (Å²) >= 11 is 1.79. The summed E-state index contributed by atoms with van der Waals surface area (Å²) in [6.45, 7) is 4.43. The van der Waals surface area contributed by atoms with E-state index in [0.29, 0.717) is 5.92 Å². The Kier molecular flexibility index (Phi) is 4.97. The van der Waals surface area contributed by atoms with E-state index in [4.69, 9.17) is 9.47 Å². The van der Waals surface area contributed by atoms with Crippen LogP contribution >= 0.6 is 11.8 Å². The fourth-order valence-electron chi connectivity index (χ4n) is 3.47. The van der Waals surface area contributed by atoms with E-state index < -0.39 is 0 Å². The van der Waals surface area contributed by atoms with Crippen molar-refractivity contribution in [1.29, 1.82) is 0 Å². The molecule has 30 heavy (non-hydrogen) atoms. The second-order valence-corrected chi connectivity index (χ2v) is 8.73. The summed E-state index contributed by atoms with van der Waals surface area (Å²) in [6, 6.07) is 24.5. The van der Waals surface area contributed by atoms with Gasteiger partial charge in [0, 0.05) is 0 Å². The molecule has 3 aromatic rings. The van der Waals surface area contributed by atoms with Crippen molar-refractivity contribution < 1.29 is 9.47 Å². The average molecular weight is 411 g/mol. The van der Waals surface area contributed by atoms with Gasteiger partial charge in [-0.05, 0) is 77.2 Å². The van der Waals surface area contributed by atoms with Crippen LogP contribution < -0.4 is 9.47 Å². The average Bonchev–Trinajstić information content (AvgIpc) is 3.15. The summed E-state index contributed by atoms with van der Waals surface area (Å²) in [5.74, 6) is 4.04. The number of hydrogen-bond acceptors (Lipinski definition) is 3. The van der Waals surface area contributed by atoms with Crippen molar-refractivity contribution in [3.05, 3.63) is 112 Å². The van der Waals surface area contributed by atoms with Gasteiger partial charge in [-0.1, -0.05) is 62.0 Å². The molecule has 5 rings (SSSR count). The number of hydrogen-bond donors (Lipinski definition) is 0. The second kappa shape index (κ2) is 7.92. The van der Waals surface area contributed by atoms with Crippen LogP contribution in [0.2, 0.25) is 0 Å². The van der Waals surface area contributed by atoms with Crippen molar-refractivity contribution >= 4 is 17.8 Å². The fraction of sp³-hybridized carbons (Fsp3) is 0.111. The van der Waals surface area contributed by atoms with Crippen molar-refractivity contribution in [1.82, 2.24) is 0 Å². The second-order valence-electron chi connectivity index (χ2n) is 7.68. The van der Waals surface area contributed by atoms with Crippen LogP contribution in [0.1, 0.15) is 30.9 Å². The lowest BCUT2D eigenvalue weighted by atomic mass is 10.0. The molecule has 0 unspecified atom stereocenters. The van der Waals surface area contributed by atoms with Gasteiger partial charge in [0.05, 0.1) is 9.80 Å². The maximum Gasteiger partial charge on any atom is 0.142 e. The minimum Gasteiger partial charge on any atom is -0.457 e.